The van der Waals surface area contributed by atoms with Crippen LogP contribution in [0.4, 0.5) is 41.6 Å². The summed E-state index contributed by atoms with van der Waals surface area (Å²) in [6.07, 6.45) is -8.69. The second-order valence-electron chi connectivity index (χ2n) is 10.4. The Kier molecular flexibility index (Phi) is 10.2. The van der Waals surface area contributed by atoms with E-state index in [9.17, 15) is 35.9 Å². The SMILES string of the molecule is CCOC(=O)N1c2cc(OCc3cccnc3)c(OC)cc2[C@H](N(Cc2cc(C(F)(F)F)cc(C(F)(F)F)c2)C(=O)OC)C[C@@H]1C. The highest BCUT2D eigenvalue weighted by Crippen LogP contribution is 2.47. The molecule has 0 unspecified atom stereocenters. The van der Waals surface area contributed by atoms with Gasteiger partial charge in [0.25, 0.3) is 0 Å². The Morgan fingerprint density at radius 3 is 2.20 bits per heavy atom. The van der Waals surface area contributed by atoms with Crippen LogP contribution >= 0.6 is 0 Å². The monoisotopic (exact) mass is 655 g/mol. The van der Waals surface area contributed by atoms with Crippen LogP contribution in [0.5, 0.6) is 11.5 Å². The lowest BCUT2D eigenvalue weighted by Gasteiger charge is -2.42. The number of amides is 2. The van der Waals surface area contributed by atoms with Crippen molar-refractivity contribution in [1.29, 1.82) is 0 Å². The van der Waals surface area contributed by atoms with E-state index in [4.69, 9.17) is 18.9 Å². The summed E-state index contributed by atoms with van der Waals surface area (Å²) in [7, 11) is 2.40. The molecule has 2 aromatic carbocycles. The number of aromatic nitrogens is 1. The minimum Gasteiger partial charge on any atom is -0.493 e. The molecule has 1 aromatic heterocycles. The van der Waals surface area contributed by atoms with E-state index >= 15 is 0 Å². The molecule has 4 rings (SSSR count). The maximum absolute atomic E-state index is 13.6. The minimum atomic E-state index is -5.09. The second-order valence-corrected chi connectivity index (χ2v) is 10.4. The van der Waals surface area contributed by atoms with Crippen molar-refractivity contribution in [1.82, 2.24) is 9.88 Å². The van der Waals surface area contributed by atoms with Crippen molar-refractivity contribution in [2.75, 3.05) is 25.7 Å². The molecule has 15 heteroatoms. The Balaban J connectivity index is 1.84. The van der Waals surface area contributed by atoms with Gasteiger partial charge in [-0.2, -0.15) is 26.3 Å². The molecule has 2 amide bonds. The van der Waals surface area contributed by atoms with E-state index in [1.807, 2.05) is 0 Å². The van der Waals surface area contributed by atoms with E-state index in [0.29, 0.717) is 17.7 Å². The van der Waals surface area contributed by atoms with Crippen LogP contribution in [0, 0.1) is 0 Å². The zero-order valence-electron chi connectivity index (χ0n) is 25.2. The number of carbonyl (C=O) groups excluding carboxylic acids is 2. The zero-order valence-corrected chi connectivity index (χ0v) is 25.2. The number of pyridine rings is 1. The quantitative estimate of drug-likeness (QED) is 0.229. The molecule has 1 aliphatic rings. The molecule has 3 aromatic rings. The fourth-order valence-electron chi connectivity index (χ4n) is 5.24. The summed E-state index contributed by atoms with van der Waals surface area (Å²) in [5.74, 6) is 0.402. The molecule has 2 heterocycles. The molecular weight excluding hydrogens is 624 g/mol. The van der Waals surface area contributed by atoms with Gasteiger partial charge in [-0.1, -0.05) is 6.07 Å². The average Bonchev–Trinajstić information content (AvgIpc) is 3.01. The molecule has 0 spiro atoms. The minimum absolute atomic E-state index is 0.0130. The number of alkyl halides is 6. The summed E-state index contributed by atoms with van der Waals surface area (Å²) in [6, 6.07) is 5.99. The molecule has 0 saturated carbocycles. The van der Waals surface area contributed by atoms with Gasteiger partial charge in [-0.05, 0) is 56.2 Å². The number of rotatable bonds is 8. The predicted octanol–water partition coefficient (Wildman–Crippen LogP) is 7.77. The van der Waals surface area contributed by atoms with E-state index < -0.39 is 59.9 Å². The van der Waals surface area contributed by atoms with Gasteiger partial charge < -0.3 is 18.9 Å². The van der Waals surface area contributed by atoms with Crippen LogP contribution in [0.25, 0.3) is 0 Å². The average molecular weight is 656 g/mol. The number of nitrogens with zero attached hydrogens (tertiary/aromatic N) is 3. The molecule has 248 valence electrons. The summed E-state index contributed by atoms with van der Waals surface area (Å²) in [5, 5.41) is 0. The largest absolute Gasteiger partial charge is 0.493 e. The summed E-state index contributed by atoms with van der Waals surface area (Å²) >= 11 is 0. The Morgan fingerprint density at radius 2 is 1.65 bits per heavy atom. The van der Waals surface area contributed by atoms with Crippen LogP contribution in [0.2, 0.25) is 0 Å². The van der Waals surface area contributed by atoms with Crippen LogP contribution in [-0.4, -0.2) is 48.9 Å². The fraction of sp³-hybridized carbons (Fsp3) is 0.387. The number of ether oxygens (including phenoxy) is 4. The first-order chi connectivity index (χ1) is 21.7. The summed E-state index contributed by atoms with van der Waals surface area (Å²) in [5.41, 5.74) is -2.22. The number of benzene rings is 2. The molecule has 0 aliphatic carbocycles. The van der Waals surface area contributed by atoms with Crippen molar-refractivity contribution in [3.05, 3.63) is 82.7 Å². The van der Waals surface area contributed by atoms with Crippen LogP contribution in [0.3, 0.4) is 0 Å². The van der Waals surface area contributed by atoms with Crippen molar-refractivity contribution in [2.45, 2.75) is 57.9 Å². The maximum atomic E-state index is 13.6. The molecule has 0 bridgehead atoms. The van der Waals surface area contributed by atoms with Crippen molar-refractivity contribution < 1.29 is 54.9 Å². The van der Waals surface area contributed by atoms with Gasteiger partial charge in [0.05, 0.1) is 43.7 Å². The molecule has 9 nitrogen and oxygen atoms in total. The van der Waals surface area contributed by atoms with Gasteiger partial charge >= 0.3 is 24.5 Å². The Morgan fingerprint density at radius 1 is 0.978 bits per heavy atom. The number of methoxy groups -OCH3 is 2. The highest BCUT2D eigenvalue weighted by atomic mass is 19.4. The number of carbonyl (C=O) groups is 2. The summed E-state index contributed by atoms with van der Waals surface area (Å²) in [6.45, 7) is 2.72. The lowest BCUT2D eigenvalue weighted by molar-refractivity contribution is -0.143. The van der Waals surface area contributed by atoms with Gasteiger partial charge in [-0.15, -0.1) is 0 Å². The van der Waals surface area contributed by atoms with Crippen molar-refractivity contribution in [3.63, 3.8) is 0 Å². The molecular formula is C31H31F6N3O6. The van der Waals surface area contributed by atoms with E-state index in [1.54, 1.807) is 38.4 Å². The number of anilines is 1. The standard InChI is InChI=1S/C31H31F6N3O6/c1-5-45-29(42)40-18(2)9-24(23-13-26(43-3)27(14-25(23)40)46-17-19-7-6-8-38-15-19)39(28(41)44-4)16-20-10-21(30(32,33)34)12-22(11-20)31(35,36)37/h6-8,10-15,18,24H,5,9,16-17H2,1-4H3/t18-,24+/m0/s1. The molecule has 0 saturated heterocycles. The highest BCUT2D eigenvalue weighted by Gasteiger charge is 2.42. The molecule has 46 heavy (non-hydrogen) atoms. The third-order valence-corrected chi connectivity index (χ3v) is 7.30. The summed E-state index contributed by atoms with van der Waals surface area (Å²) in [4.78, 5) is 32.7. The topological polar surface area (TPSA) is 90.4 Å². The fourth-order valence-corrected chi connectivity index (χ4v) is 5.24. The zero-order chi connectivity index (χ0) is 33.8. The van der Waals surface area contributed by atoms with E-state index in [-0.39, 0.29) is 42.9 Å². The Bertz CT molecular complexity index is 1520. The predicted molar refractivity (Wildman–Crippen MR) is 152 cm³/mol. The molecule has 0 N–H and O–H groups in total. The molecule has 0 radical (unpaired) electrons. The molecule has 2 atom stereocenters. The first-order valence-corrected chi connectivity index (χ1v) is 14.0. The highest BCUT2D eigenvalue weighted by molar-refractivity contribution is 5.91. The number of hydrogen-bond acceptors (Lipinski definition) is 7. The second kappa shape index (κ2) is 13.7. The van der Waals surface area contributed by atoms with Crippen molar-refractivity contribution in [2.24, 2.45) is 0 Å². The lowest BCUT2D eigenvalue weighted by atomic mass is 9.90. The molecule has 0 fully saturated rings. The first-order valence-electron chi connectivity index (χ1n) is 14.0. The van der Waals surface area contributed by atoms with Gasteiger partial charge in [-0.3, -0.25) is 14.8 Å². The molecule has 1 aliphatic heterocycles. The van der Waals surface area contributed by atoms with Crippen molar-refractivity contribution in [3.8, 4) is 11.5 Å². The van der Waals surface area contributed by atoms with Gasteiger partial charge in [0.1, 0.15) is 6.61 Å². The number of fused-ring (bicyclic) bond motifs is 1. The van der Waals surface area contributed by atoms with Gasteiger partial charge in [-0.25, -0.2) is 9.59 Å². The van der Waals surface area contributed by atoms with Crippen LogP contribution in [0.15, 0.2) is 54.9 Å². The van der Waals surface area contributed by atoms with Crippen LogP contribution < -0.4 is 14.4 Å². The van der Waals surface area contributed by atoms with E-state index in [2.05, 4.69) is 4.98 Å². The van der Waals surface area contributed by atoms with Crippen LogP contribution in [0.1, 0.15) is 54.1 Å². The van der Waals surface area contributed by atoms with E-state index in [1.165, 1.54) is 24.1 Å². The number of halogens is 6. The normalized spacial score (nSPS) is 16.3. The van der Waals surface area contributed by atoms with Gasteiger partial charge in [0, 0.05) is 42.2 Å². The maximum Gasteiger partial charge on any atom is 0.416 e. The Hall–Kier alpha value is -4.69. The summed E-state index contributed by atoms with van der Waals surface area (Å²) < 4.78 is 103. The Labute approximate surface area is 260 Å². The lowest BCUT2D eigenvalue weighted by Crippen LogP contribution is -2.47. The number of hydrogen-bond donors (Lipinski definition) is 0. The van der Waals surface area contributed by atoms with E-state index in [0.717, 1.165) is 17.6 Å². The third kappa shape index (κ3) is 7.57. The first kappa shape index (κ1) is 34.2. The van der Waals surface area contributed by atoms with Gasteiger partial charge in [0.15, 0.2) is 11.5 Å². The smallest absolute Gasteiger partial charge is 0.416 e. The van der Waals surface area contributed by atoms with Crippen molar-refractivity contribution >= 4 is 17.9 Å². The van der Waals surface area contributed by atoms with Crippen LogP contribution in [-0.2, 0) is 35.0 Å². The third-order valence-electron chi connectivity index (χ3n) is 7.30. The van der Waals surface area contributed by atoms with Gasteiger partial charge in [0.2, 0.25) is 0 Å².